The Kier molecular flexibility index (Phi) is 5.27. The highest BCUT2D eigenvalue weighted by molar-refractivity contribution is 7.11. The van der Waals surface area contributed by atoms with Gasteiger partial charge in [-0.1, -0.05) is 23.2 Å². The molecule has 5 nitrogen and oxygen atoms in total. The van der Waals surface area contributed by atoms with E-state index in [0.717, 1.165) is 17.1 Å². The van der Waals surface area contributed by atoms with E-state index in [2.05, 4.69) is 14.4 Å². The molecular weight excluding hydrogens is 335 g/mol. The van der Waals surface area contributed by atoms with Crippen LogP contribution in [0.4, 0.5) is 10.5 Å². The first-order valence-electron chi connectivity index (χ1n) is 5.89. The van der Waals surface area contributed by atoms with Crippen LogP contribution in [0.3, 0.4) is 0 Å². The third-order valence-corrected chi connectivity index (χ3v) is 4.35. The monoisotopic (exact) mass is 346 g/mol. The van der Waals surface area contributed by atoms with Gasteiger partial charge in [-0.15, -0.1) is 0 Å². The van der Waals surface area contributed by atoms with Crippen molar-refractivity contribution in [2.45, 2.75) is 13.5 Å². The van der Waals surface area contributed by atoms with Crippen molar-refractivity contribution in [1.29, 1.82) is 0 Å². The molecule has 112 valence electrons. The van der Waals surface area contributed by atoms with Crippen LogP contribution in [0.15, 0.2) is 18.2 Å². The van der Waals surface area contributed by atoms with E-state index in [1.165, 1.54) is 7.11 Å². The highest BCUT2D eigenvalue weighted by Crippen LogP contribution is 2.30. The fourth-order valence-corrected chi connectivity index (χ4v) is 2.55. The molecule has 1 heterocycles. The summed E-state index contributed by atoms with van der Waals surface area (Å²) in [6.07, 6.45) is -0.518. The van der Waals surface area contributed by atoms with Gasteiger partial charge >= 0.3 is 6.09 Å². The van der Waals surface area contributed by atoms with E-state index in [9.17, 15) is 4.79 Å². The first kappa shape index (κ1) is 15.9. The third-order valence-electron chi connectivity index (χ3n) is 2.66. The Morgan fingerprint density at radius 1 is 1.43 bits per heavy atom. The summed E-state index contributed by atoms with van der Waals surface area (Å²) in [4.78, 5) is 11.2. The maximum Gasteiger partial charge on any atom is 0.411 e. The summed E-state index contributed by atoms with van der Waals surface area (Å²) >= 11 is 12.9. The number of halogens is 2. The lowest BCUT2D eigenvalue weighted by molar-refractivity contribution is 0.187. The van der Waals surface area contributed by atoms with E-state index < -0.39 is 6.09 Å². The fourth-order valence-electron chi connectivity index (χ4n) is 1.56. The van der Waals surface area contributed by atoms with E-state index in [0.29, 0.717) is 26.5 Å². The minimum absolute atomic E-state index is 0.227. The molecule has 1 N–H and O–H groups in total. The van der Waals surface area contributed by atoms with Crippen molar-refractivity contribution < 1.29 is 14.3 Å². The Labute approximate surface area is 135 Å². The van der Waals surface area contributed by atoms with Crippen LogP contribution in [0, 0.1) is 6.92 Å². The summed E-state index contributed by atoms with van der Waals surface area (Å²) in [6.45, 7) is 2.08. The van der Waals surface area contributed by atoms with Crippen LogP contribution >= 0.6 is 34.7 Å². The Morgan fingerprint density at radius 2 is 2.19 bits per heavy atom. The second-order valence-corrected chi connectivity index (χ2v) is 5.85. The van der Waals surface area contributed by atoms with Crippen LogP contribution in [0.25, 0.3) is 0 Å². The van der Waals surface area contributed by atoms with Crippen molar-refractivity contribution in [3.63, 3.8) is 0 Å². The Morgan fingerprint density at radius 3 is 2.76 bits per heavy atom. The molecule has 0 atom stereocenters. The first-order valence-corrected chi connectivity index (χ1v) is 7.42. The minimum atomic E-state index is -0.518. The van der Waals surface area contributed by atoms with Crippen molar-refractivity contribution in [3.8, 4) is 5.75 Å². The molecule has 0 bridgehead atoms. The van der Waals surface area contributed by atoms with Gasteiger partial charge in [-0.25, -0.2) is 4.79 Å². The highest BCUT2D eigenvalue weighted by atomic mass is 35.5. The van der Waals surface area contributed by atoms with Gasteiger partial charge in [-0.05, 0) is 42.2 Å². The topological polar surface area (TPSA) is 60.5 Å². The van der Waals surface area contributed by atoms with Crippen molar-refractivity contribution in [3.05, 3.63) is 38.8 Å². The SMILES string of the molecule is COC(=O)Nc1ccc(OCc2nsc(Cl)c2Cl)cc1C. The largest absolute Gasteiger partial charge is 0.487 e. The van der Waals surface area contributed by atoms with Crippen LogP contribution in [0.2, 0.25) is 9.36 Å². The number of carbonyl (C=O) groups excluding carboxylic acids is 1. The second kappa shape index (κ2) is 6.98. The second-order valence-electron chi connectivity index (χ2n) is 4.10. The zero-order valence-corrected chi connectivity index (χ0v) is 13.6. The van der Waals surface area contributed by atoms with Crippen LogP contribution < -0.4 is 10.1 Å². The number of aryl methyl sites for hydroxylation is 1. The molecule has 0 aliphatic rings. The molecule has 2 aromatic rings. The Bertz CT molecular complexity index is 661. The molecule has 0 unspecified atom stereocenters. The van der Waals surface area contributed by atoms with Crippen molar-refractivity contribution in [1.82, 2.24) is 4.37 Å². The number of methoxy groups -OCH3 is 1. The Balaban J connectivity index is 2.03. The number of carbonyl (C=O) groups is 1. The molecule has 0 fully saturated rings. The number of nitrogens with one attached hydrogen (secondary N) is 1. The summed E-state index contributed by atoms with van der Waals surface area (Å²) in [5, 5.41) is 3.03. The van der Waals surface area contributed by atoms with Crippen LogP contribution in [0.1, 0.15) is 11.3 Å². The molecule has 1 aromatic heterocycles. The van der Waals surface area contributed by atoms with E-state index >= 15 is 0 Å². The predicted molar refractivity (Wildman–Crippen MR) is 83.7 cm³/mol. The van der Waals surface area contributed by atoms with Crippen molar-refractivity contribution in [2.75, 3.05) is 12.4 Å². The van der Waals surface area contributed by atoms with Gasteiger partial charge in [0.2, 0.25) is 0 Å². The third kappa shape index (κ3) is 4.00. The molecule has 2 rings (SSSR count). The van der Waals surface area contributed by atoms with Crippen LogP contribution in [0.5, 0.6) is 5.75 Å². The number of nitrogens with zero attached hydrogens (tertiary/aromatic N) is 1. The highest BCUT2D eigenvalue weighted by Gasteiger charge is 2.11. The van der Waals surface area contributed by atoms with Gasteiger partial charge in [0, 0.05) is 5.69 Å². The molecule has 0 aliphatic heterocycles. The predicted octanol–water partition coefficient (Wildman–Crippen LogP) is 4.52. The zero-order valence-electron chi connectivity index (χ0n) is 11.3. The maximum absolute atomic E-state index is 11.2. The van der Waals surface area contributed by atoms with E-state index in [4.69, 9.17) is 27.9 Å². The normalized spacial score (nSPS) is 10.3. The van der Waals surface area contributed by atoms with Gasteiger partial charge in [-0.3, -0.25) is 5.32 Å². The molecule has 0 radical (unpaired) electrons. The summed E-state index contributed by atoms with van der Waals surface area (Å²) in [5.41, 5.74) is 2.10. The summed E-state index contributed by atoms with van der Waals surface area (Å²) in [5.74, 6) is 0.642. The first-order chi connectivity index (χ1) is 10.0. The molecule has 1 amide bonds. The number of anilines is 1. The van der Waals surface area contributed by atoms with Gasteiger partial charge in [0.05, 0.1) is 12.1 Å². The lowest BCUT2D eigenvalue weighted by Crippen LogP contribution is -2.11. The molecule has 8 heteroatoms. The average molecular weight is 347 g/mol. The van der Waals surface area contributed by atoms with Gasteiger partial charge in [-0.2, -0.15) is 4.37 Å². The Hall–Kier alpha value is -1.50. The van der Waals surface area contributed by atoms with Crippen LogP contribution in [-0.2, 0) is 11.3 Å². The molecule has 0 saturated heterocycles. The zero-order chi connectivity index (χ0) is 15.4. The standard InChI is InChI=1S/C13H12Cl2N2O3S/c1-7-5-8(3-4-9(7)16-13(18)19-2)20-6-10-11(14)12(15)21-17-10/h3-5H,6H2,1-2H3,(H,16,18). The molecule has 21 heavy (non-hydrogen) atoms. The lowest BCUT2D eigenvalue weighted by atomic mass is 10.2. The van der Waals surface area contributed by atoms with Gasteiger partial charge in [0.25, 0.3) is 0 Å². The van der Waals surface area contributed by atoms with E-state index in [1.54, 1.807) is 18.2 Å². The maximum atomic E-state index is 11.2. The minimum Gasteiger partial charge on any atom is -0.487 e. The number of aromatic nitrogens is 1. The smallest absolute Gasteiger partial charge is 0.411 e. The van der Waals surface area contributed by atoms with Crippen molar-refractivity contribution >= 4 is 46.5 Å². The number of amides is 1. The number of benzene rings is 1. The number of ether oxygens (including phenoxy) is 2. The average Bonchev–Trinajstić information content (AvgIpc) is 2.79. The summed E-state index contributed by atoms with van der Waals surface area (Å²) in [7, 11) is 1.31. The fraction of sp³-hybridized carbons (Fsp3) is 0.231. The van der Waals surface area contributed by atoms with E-state index in [-0.39, 0.29) is 6.61 Å². The molecule has 0 saturated carbocycles. The molecule has 0 aliphatic carbocycles. The number of hydrogen-bond acceptors (Lipinski definition) is 5. The molecule has 0 spiro atoms. The van der Waals surface area contributed by atoms with Gasteiger partial charge in [0.1, 0.15) is 22.4 Å². The van der Waals surface area contributed by atoms with E-state index in [1.807, 2.05) is 6.92 Å². The summed E-state index contributed by atoms with van der Waals surface area (Å²) < 4.78 is 14.7. The summed E-state index contributed by atoms with van der Waals surface area (Å²) in [6, 6.07) is 5.27. The molecular formula is C13H12Cl2N2O3S. The number of rotatable bonds is 4. The van der Waals surface area contributed by atoms with Crippen LogP contribution in [-0.4, -0.2) is 17.6 Å². The molecule has 1 aromatic carbocycles. The van der Waals surface area contributed by atoms with Crippen molar-refractivity contribution in [2.24, 2.45) is 0 Å². The van der Waals surface area contributed by atoms with Gasteiger partial charge in [0.15, 0.2) is 0 Å². The number of hydrogen-bond donors (Lipinski definition) is 1. The lowest BCUT2D eigenvalue weighted by Gasteiger charge is -2.10. The quantitative estimate of drug-likeness (QED) is 0.884. The van der Waals surface area contributed by atoms with Gasteiger partial charge < -0.3 is 9.47 Å².